The van der Waals surface area contributed by atoms with E-state index in [9.17, 15) is 4.79 Å². The van der Waals surface area contributed by atoms with Crippen molar-refractivity contribution in [2.24, 2.45) is 0 Å². The molecule has 1 saturated heterocycles. The molecule has 0 unspecified atom stereocenters. The van der Waals surface area contributed by atoms with Gasteiger partial charge in [0.2, 0.25) is 5.91 Å². The standard InChI is InChI=1S/C19H28N6O/c1-5-6-7-19(26)24-10-8-23(9-11-24)17-13-18(21-16(4)20-17)25-15(3)12-14(2)22-25/h12-13H,5-11H2,1-4H3. The number of carbonyl (C=O) groups excluding carboxylic acids is 1. The number of hydrogen-bond donors (Lipinski definition) is 0. The first kappa shape index (κ1) is 18.4. The Balaban J connectivity index is 1.73. The number of nitrogens with zero attached hydrogens (tertiary/aromatic N) is 6. The molecule has 0 spiro atoms. The largest absolute Gasteiger partial charge is 0.353 e. The number of aryl methyl sites for hydroxylation is 3. The highest BCUT2D eigenvalue weighted by atomic mass is 16.2. The fourth-order valence-corrected chi connectivity index (χ4v) is 3.34. The molecule has 2 aromatic heterocycles. The second-order valence-corrected chi connectivity index (χ2v) is 6.94. The molecule has 3 heterocycles. The molecule has 26 heavy (non-hydrogen) atoms. The summed E-state index contributed by atoms with van der Waals surface area (Å²) >= 11 is 0. The molecule has 1 fully saturated rings. The Hall–Kier alpha value is -2.44. The van der Waals surface area contributed by atoms with E-state index in [1.165, 1.54) is 0 Å². The first-order chi connectivity index (χ1) is 12.5. The van der Waals surface area contributed by atoms with Crippen LogP contribution < -0.4 is 4.90 Å². The van der Waals surface area contributed by atoms with Gasteiger partial charge in [-0.3, -0.25) is 4.79 Å². The van der Waals surface area contributed by atoms with Crippen LogP contribution in [-0.4, -0.2) is 56.7 Å². The molecular weight excluding hydrogens is 328 g/mol. The zero-order valence-corrected chi connectivity index (χ0v) is 16.2. The first-order valence-electron chi connectivity index (χ1n) is 9.40. The average molecular weight is 356 g/mol. The molecule has 2 aromatic rings. The smallest absolute Gasteiger partial charge is 0.222 e. The lowest BCUT2D eigenvalue weighted by molar-refractivity contribution is -0.131. The van der Waals surface area contributed by atoms with Gasteiger partial charge >= 0.3 is 0 Å². The van der Waals surface area contributed by atoms with Crippen LogP contribution in [0.1, 0.15) is 43.4 Å². The van der Waals surface area contributed by atoms with E-state index in [-0.39, 0.29) is 5.91 Å². The second kappa shape index (κ2) is 7.85. The number of hydrogen-bond acceptors (Lipinski definition) is 5. The second-order valence-electron chi connectivity index (χ2n) is 6.94. The molecule has 0 radical (unpaired) electrons. The number of amides is 1. The van der Waals surface area contributed by atoms with Crippen LogP contribution in [0.5, 0.6) is 0 Å². The minimum Gasteiger partial charge on any atom is -0.353 e. The van der Waals surface area contributed by atoms with Gasteiger partial charge in [0.05, 0.1) is 5.69 Å². The van der Waals surface area contributed by atoms with Gasteiger partial charge < -0.3 is 9.80 Å². The number of unbranched alkanes of at least 4 members (excludes halogenated alkanes) is 1. The lowest BCUT2D eigenvalue weighted by Crippen LogP contribution is -2.49. The highest BCUT2D eigenvalue weighted by Gasteiger charge is 2.22. The molecule has 140 valence electrons. The first-order valence-corrected chi connectivity index (χ1v) is 9.40. The lowest BCUT2D eigenvalue weighted by atomic mass is 10.2. The van der Waals surface area contributed by atoms with Gasteiger partial charge in [-0.05, 0) is 33.3 Å². The van der Waals surface area contributed by atoms with Crippen molar-refractivity contribution < 1.29 is 4.79 Å². The van der Waals surface area contributed by atoms with E-state index in [1.807, 2.05) is 42.5 Å². The monoisotopic (exact) mass is 356 g/mol. The van der Waals surface area contributed by atoms with Gasteiger partial charge in [-0.2, -0.15) is 5.10 Å². The molecule has 1 amide bonds. The third-order valence-corrected chi connectivity index (χ3v) is 4.74. The SMILES string of the molecule is CCCCC(=O)N1CCN(c2cc(-n3nc(C)cc3C)nc(C)n2)CC1. The zero-order valence-electron chi connectivity index (χ0n) is 16.2. The van der Waals surface area contributed by atoms with Gasteiger partial charge in [-0.1, -0.05) is 13.3 Å². The maximum absolute atomic E-state index is 12.2. The molecule has 0 saturated carbocycles. The van der Waals surface area contributed by atoms with Crippen molar-refractivity contribution in [1.29, 1.82) is 0 Å². The normalized spacial score (nSPS) is 14.8. The van der Waals surface area contributed by atoms with Gasteiger partial charge in [0, 0.05) is 44.4 Å². The van der Waals surface area contributed by atoms with Gasteiger partial charge in [0.1, 0.15) is 11.6 Å². The van der Waals surface area contributed by atoms with Crippen LogP contribution in [-0.2, 0) is 4.79 Å². The Morgan fingerprint density at radius 3 is 2.35 bits per heavy atom. The lowest BCUT2D eigenvalue weighted by Gasteiger charge is -2.35. The van der Waals surface area contributed by atoms with Crippen LogP contribution in [0.15, 0.2) is 12.1 Å². The van der Waals surface area contributed by atoms with E-state index in [0.717, 1.165) is 67.9 Å². The molecule has 7 nitrogen and oxygen atoms in total. The van der Waals surface area contributed by atoms with E-state index in [2.05, 4.69) is 26.9 Å². The quantitative estimate of drug-likeness (QED) is 0.823. The predicted molar refractivity (Wildman–Crippen MR) is 102 cm³/mol. The summed E-state index contributed by atoms with van der Waals surface area (Å²) in [4.78, 5) is 25.6. The van der Waals surface area contributed by atoms with Crippen LogP contribution in [0.25, 0.3) is 5.82 Å². The van der Waals surface area contributed by atoms with Crippen molar-refractivity contribution in [1.82, 2.24) is 24.6 Å². The van der Waals surface area contributed by atoms with Gasteiger partial charge in [0.15, 0.2) is 5.82 Å². The van der Waals surface area contributed by atoms with Crippen LogP contribution in [0.4, 0.5) is 5.82 Å². The molecule has 0 aromatic carbocycles. The van der Waals surface area contributed by atoms with E-state index in [4.69, 9.17) is 0 Å². The van der Waals surface area contributed by atoms with E-state index >= 15 is 0 Å². The van der Waals surface area contributed by atoms with Gasteiger partial charge in [0.25, 0.3) is 0 Å². The molecule has 0 atom stereocenters. The summed E-state index contributed by atoms with van der Waals surface area (Å²) < 4.78 is 1.86. The molecule has 0 bridgehead atoms. The van der Waals surface area contributed by atoms with Crippen molar-refractivity contribution in [2.45, 2.75) is 47.0 Å². The van der Waals surface area contributed by atoms with Crippen molar-refractivity contribution in [3.8, 4) is 5.82 Å². The number of rotatable bonds is 5. The summed E-state index contributed by atoms with van der Waals surface area (Å²) in [5, 5.41) is 4.53. The number of aromatic nitrogens is 4. The maximum atomic E-state index is 12.2. The zero-order chi connectivity index (χ0) is 18.7. The van der Waals surface area contributed by atoms with E-state index < -0.39 is 0 Å². The average Bonchev–Trinajstić information content (AvgIpc) is 2.97. The molecule has 1 aliphatic heterocycles. The fourth-order valence-electron chi connectivity index (χ4n) is 3.34. The van der Waals surface area contributed by atoms with E-state index in [1.54, 1.807) is 0 Å². The Morgan fingerprint density at radius 2 is 1.73 bits per heavy atom. The Labute approximate surface area is 155 Å². The summed E-state index contributed by atoms with van der Waals surface area (Å²) in [5.74, 6) is 2.69. The number of carbonyl (C=O) groups is 1. The molecule has 0 aliphatic carbocycles. The molecule has 1 aliphatic rings. The molecule has 7 heteroatoms. The summed E-state index contributed by atoms with van der Waals surface area (Å²) in [7, 11) is 0. The van der Waals surface area contributed by atoms with Crippen molar-refractivity contribution in [3.63, 3.8) is 0 Å². The number of anilines is 1. The summed E-state index contributed by atoms with van der Waals surface area (Å²) in [6.45, 7) is 11.1. The van der Waals surface area contributed by atoms with Gasteiger partial charge in [-0.15, -0.1) is 0 Å². The summed E-state index contributed by atoms with van der Waals surface area (Å²) in [5.41, 5.74) is 2.03. The highest BCUT2D eigenvalue weighted by molar-refractivity contribution is 5.76. The van der Waals surface area contributed by atoms with Crippen molar-refractivity contribution in [3.05, 3.63) is 29.3 Å². The Kier molecular flexibility index (Phi) is 5.54. The molecule has 0 N–H and O–H groups in total. The fraction of sp³-hybridized carbons (Fsp3) is 0.579. The van der Waals surface area contributed by atoms with E-state index in [0.29, 0.717) is 6.42 Å². The topological polar surface area (TPSA) is 67.2 Å². The summed E-state index contributed by atoms with van der Waals surface area (Å²) in [6.07, 6.45) is 2.68. The van der Waals surface area contributed by atoms with Crippen LogP contribution in [0.2, 0.25) is 0 Å². The van der Waals surface area contributed by atoms with Crippen molar-refractivity contribution >= 4 is 11.7 Å². The van der Waals surface area contributed by atoms with Gasteiger partial charge in [-0.25, -0.2) is 14.6 Å². The Morgan fingerprint density at radius 1 is 1.04 bits per heavy atom. The highest BCUT2D eigenvalue weighted by Crippen LogP contribution is 2.19. The van der Waals surface area contributed by atoms with Crippen LogP contribution in [0, 0.1) is 20.8 Å². The molecular formula is C19H28N6O. The van der Waals surface area contributed by atoms with Crippen LogP contribution in [0.3, 0.4) is 0 Å². The van der Waals surface area contributed by atoms with Crippen molar-refractivity contribution in [2.75, 3.05) is 31.1 Å². The number of piperazine rings is 1. The third-order valence-electron chi connectivity index (χ3n) is 4.74. The third kappa shape index (κ3) is 4.03. The minimum absolute atomic E-state index is 0.272. The Bertz CT molecular complexity index is 776. The predicted octanol–water partition coefficient (Wildman–Crippen LogP) is 2.43. The van der Waals surface area contributed by atoms with Crippen LogP contribution >= 0.6 is 0 Å². The minimum atomic E-state index is 0.272. The molecule has 3 rings (SSSR count). The summed E-state index contributed by atoms with van der Waals surface area (Å²) in [6, 6.07) is 4.03. The maximum Gasteiger partial charge on any atom is 0.222 e.